The predicted octanol–water partition coefficient (Wildman–Crippen LogP) is 1.32. The predicted molar refractivity (Wildman–Crippen MR) is 21.1 cm³/mol. The SMILES string of the molecule is CC[C-](C)O.[W]. The third kappa shape index (κ3) is 8.82. The number of aliphatic hydroxyl groups is 1. The number of hydrogen-bond acceptors (Lipinski definition) is 1. The van der Waals surface area contributed by atoms with Crippen LogP contribution >= 0.6 is 0 Å². The molecule has 0 amide bonds. The molecule has 0 saturated heterocycles. The normalized spacial score (nSPS) is 8.00. The van der Waals surface area contributed by atoms with Gasteiger partial charge in [0.15, 0.2) is 0 Å². The van der Waals surface area contributed by atoms with Crippen molar-refractivity contribution in [2.24, 2.45) is 0 Å². The van der Waals surface area contributed by atoms with Crippen LogP contribution in [0.4, 0.5) is 0 Å². The van der Waals surface area contributed by atoms with Gasteiger partial charge in [-0.2, -0.15) is 13.3 Å². The van der Waals surface area contributed by atoms with E-state index in [0.29, 0.717) is 6.10 Å². The van der Waals surface area contributed by atoms with E-state index in [1.165, 1.54) is 0 Å². The summed E-state index contributed by atoms with van der Waals surface area (Å²) in [6.07, 6.45) is 1.28. The molecule has 0 rings (SSSR count). The van der Waals surface area contributed by atoms with Gasteiger partial charge in [-0.15, -0.1) is 0 Å². The molecule has 1 N–H and O–H groups in total. The molecule has 0 radical (unpaired) electrons. The van der Waals surface area contributed by atoms with Crippen LogP contribution in [0.5, 0.6) is 0 Å². The van der Waals surface area contributed by atoms with E-state index in [-0.39, 0.29) is 21.1 Å². The number of rotatable bonds is 1. The Bertz CT molecular complexity index is 21.5. The van der Waals surface area contributed by atoms with E-state index in [0.717, 1.165) is 6.42 Å². The second kappa shape index (κ2) is 5.65. The molecule has 0 aliphatic rings. The Balaban J connectivity index is 0. The third-order valence-electron chi connectivity index (χ3n) is 0.512. The summed E-state index contributed by atoms with van der Waals surface area (Å²) in [5.41, 5.74) is 0. The van der Waals surface area contributed by atoms with Gasteiger partial charge in [0.2, 0.25) is 0 Å². The molecule has 0 aliphatic carbocycles. The molecular formula is C4H9OW-. The molecule has 0 aromatic rings. The van der Waals surface area contributed by atoms with Crippen LogP contribution in [0.3, 0.4) is 0 Å². The molecule has 38 valence electrons. The van der Waals surface area contributed by atoms with Gasteiger partial charge in [-0.1, -0.05) is 6.92 Å². The first-order chi connectivity index (χ1) is 2.27. The van der Waals surface area contributed by atoms with Gasteiger partial charge in [0.05, 0.1) is 0 Å². The maximum absolute atomic E-state index is 8.28. The van der Waals surface area contributed by atoms with Gasteiger partial charge in [0.1, 0.15) is 0 Å². The topological polar surface area (TPSA) is 20.2 Å². The van der Waals surface area contributed by atoms with Crippen molar-refractivity contribution in [2.45, 2.75) is 20.3 Å². The molecule has 0 spiro atoms. The van der Waals surface area contributed by atoms with E-state index in [1.54, 1.807) is 6.92 Å². The second-order valence-electron chi connectivity index (χ2n) is 1.09. The van der Waals surface area contributed by atoms with Crippen LogP contribution in [-0.2, 0) is 21.1 Å². The maximum Gasteiger partial charge on any atom is 0 e. The van der Waals surface area contributed by atoms with E-state index in [4.69, 9.17) is 5.11 Å². The Labute approximate surface area is 53.0 Å². The monoisotopic (exact) mass is 257 g/mol. The number of hydrogen-bond donors (Lipinski definition) is 1. The van der Waals surface area contributed by atoms with Crippen LogP contribution in [0.15, 0.2) is 0 Å². The first kappa shape index (κ1) is 9.82. The van der Waals surface area contributed by atoms with Crippen molar-refractivity contribution in [3.8, 4) is 0 Å². The van der Waals surface area contributed by atoms with Gasteiger partial charge < -0.3 is 5.11 Å². The Kier molecular flexibility index (Phi) is 9.24. The molecule has 0 aliphatic heterocycles. The fourth-order valence-corrected chi connectivity index (χ4v) is 0. The van der Waals surface area contributed by atoms with Crippen LogP contribution in [-0.4, -0.2) is 5.11 Å². The smallest absolute Gasteiger partial charge is 0 e. The quantitative estimate of drug-likeness (QED) is 0.702. The molecular weight excluding hydrogens is 248 g/mol. The minimum absolute atomic E-state index is 0. The summed E-state index contributed by atoms with van der Waals surface area (Å²) in [4.78, 5) is 0. The average Bonchev–Trinajstić information content (AvgIpc) is 1.38. The number of aliphatic hydroxyl groups excluding tert-OH is 1. The molecule has 2 heteroatoms. The standard InChI is InChI=1S/C4H9O.W/c1-3-4(2)5;/h5H,3H2,1-2H3;/q-1;. The first-order valence-corrected chi connectivity index (χ1v) is 1.78. The average molecular weight is 257 g/mol. The van der Waals surface area contributed by atoms with Crippen LogP contribution in [0.1, 0.15) is 20.3 Å². The van der Waals surface area contributed by atoms with E-state index in [9.17, 15) is 0 Å². The summed E-state index contributed by atoms with van der Waals surface area (Å²) < 4.78 is 0. The Hall–Kier alpha value is 0.648. The Morgan fingerprint density at radius 3 is 1.83 bits per heavy atom. The molecule has 0 saturated carbocycles. The van der Waals surface area contributed by atoms with E-state index >= 15 is 0 Å². The minimum Gasteiger partial charge on any atom is -0.563 e. The van der Waals surface area contributed by atoms with Gasteiger partial charge in [-0.3, -0.25) is 0 Å². The molecule has 1 nitrogen and oxygen atoms in total. The van der Waals surface area contributed by atoms with Crippen molar-refractivity contribution < 1.29 is 26.2 Å². The van der Waals surface area contributed by atoms with E-state index < -0.39 is 0 Å². The zero-order valence-electron chi connectivity index (χ0n) is 4.06. The summed E-state index contributed by atoms with van der Waals surface area (Å²) in [5, 5.41) is 8.28. The summed E-state index contributed by atoms with van der Waals surface area (Å²) >= 11 is 0. The molecule has 0 bridgehead atoms. The van der Waals surface area contributed by atoms with Crippen molar-refractivity contribution in [3.05, 3.63) is 6.10 Å². The minimum atomic E-state index is 0. The van der Waals surface area contributed by atoms with Crippen molar-refractivity contribution >= 4 is 0 Å². The zero-order chi connectivity index (χ0) is 4.28. The van der Waals surface area contributed by atoms with Crippen LogP contribution < -0.4 is 0 Å². The largest absolute Gasteiger partial charge is 0.563 e. The fraction of sp³-hybridized carbons (Fsp3) is 0.750. The third-order valence-corrected chi connectivity index (χ3v) is 0.512. The van der Waals surface area contributed by atoms with Crippen molar-refractivity contribution in [3.63, 3.8) is 0 Å². The Morgan fingerprint density at radius 2 is 1.83 bits per heavy atom. The summed E-state index contributed by atoms with van der Waals surface area (Å²) in [6, 6.07) is 0. The van der Waals surface area contributed by atoms with Gasteiger partial charge in [0, 0.05) is 21.1 Å². The molecule has 0 aromatic heterocycles. The molecule has 0 heterocycles. The van der Waals surface area contributed by atoms with Crippen molar-refractivity contribution in [2.75, 3.05) is 0 Å². The van der Waals surface area contributed by atoms with Crippen LogP contribution in [0.25, 0.3) is 0 Å². The maximum atomic E-state index is 8.28. The van der Waals surface area contributed by atoms with Crippen LogP contribution in [0.2, 0.25) is 0 Å². The summed E-state index contributed by atoms with van der Waals surface area (Å²) in [6.45, 7) is 3.61. The fourth-order valence-electron chi connectivity index (χ4n) is 0. The zero-order valence-corrected chi connectivity index (χ0v) is 7.00. The summed E-state index contributed by atoms with van der Waals surface area (Å²) in [7, 11) is 0. The van der Waals surface area contributed by atoms with Crippen molar-refractivity contribution in [1.29, 1.82) is 0 Å². The van der Waals surface area contributed by atoms with Gasteiger partial charge >= 0.3 is 0 Å². The van der Waals surface area contributed by atoms with Crippen LogP contribution in [0, 0.1) is 6.10 Å². The van der Waals surface area contributed by atoms with E-state index in [2.05, 4.69) is 0 Å². The summed E-state index contributed by atoms with van der Waals surface area (Å²) in [5.74, 6) is 0. The molecule has 0 unspecified atom stereocenters. The molecule has 0 fully saturated rings. The molecule has 6 heavy (non-hydrogen) atoms. The Morgan fingerprint density at radius 1 is 1.67 bits per heavy atom. The van der Waals surface area contributed by atoms with Crippen molar-refractivity contribution in [1.82, 2.24) is 0 Å². The molecule has 0 atom stereocenters. The van der Waals surface area contributed by atoms with Gasteiger partial charge in [-0.05, 0) is 0 Å². The second-order valence-corrected chi connectivity index (χ2v) is 1.09. The first-order valence-electron chi connectivity index (χ1n) is 1.78. The molecule has 0 aromatic carbocycles. The van der Waals surface area contributed by atoms with Gasteiger partial charge in [0.25, 0.3) is 0 Å². The van der Waals surface area contributed by atoms with Gasteiger partial charge in [-0.25, -0.2) is 6.10 Å². The van der Waals surface area contributed by atoms with E-state index in [1.807, 2.05) is 6.92 Å².